The molecule has 0 bridgehead atoms. The normalized spacial score (nSPS) is 28.4. The molecule has 78 valence electrons. The van der Waals surface area contributed by atoms with Crippen molar-refractivity contribution in [2.45, 2.75) is 45.6 Å². The van der Waals surface area contributed by atoms with Crippen molar-refractivity contribution in [3.05, 3.63) is 0 Å². The molecule has 0 saturated carbocycles. The Kier molecular flexibility index (Phi) is 4.74. The van der Waals surface area contributed by atoms with Crippen molar-refractivity contribution in [3.8, 4) is 0 Å². The molecule has 0 aromatic carbocycles. The van der Waals surface area contributed by atoms with E-state index in [9.17, 15) is 0 Å². The minimum absolute atomic E-state index is 0.761. The van der Waals surface area contributed by atoms with E-state index in [1.807, 2.05) is 0 Å². The van der Waals surface area contributed by atoms with E-state index in [1.165, 1.54) is 38.8 Å². The van der Waals surface area contributed by atoms with Crippen molar-refractivity contribution in [2.24, 2.45) is 11.7 Å². The van der Waals surface area contributed by atoms with E-state index in [0.29, 0.717) is 0 Å². The Balaban J connectivity index is 2.35. The zero-order valence-corrected chi connectivity index (χ0v) is 9.13. The first-order valence-electron chi connectivity index (χ1n) is 5.72. The van der Waals surface area contributed by atoms with Crippen LogP contribution in [0.4, 0.5) is 0 Å². The maximum atomic E-state index is 5.71. The van der Waals surface area contributed by atoms with Gasteiger partial charge in [-0.05, 0) is 58.2 Å². The Labute approximate surface area is 82.5 Å². The molecule has 0 amide bonds. The molecule has 1 heterocycles. The minimum Gasteiger partial charge on any atom is -0.330 e. The van der Waals surface area contributed by atoms with Crippen LogP contribution >= 0.6 is 0 Å². The van der Waals surface area contributed by atoms with E-state index < -0.39 is 0 Å². The molecule has 2 heteroatoms. The molecule has 13 heavy (non-hydrogen) atoms. The lowest BCUT2D eigenvalue weighted by molar-refractivity contribution is 0.209. The average molecular weight is 184 g/mol. The number of hydrogen-bond donors (Lipinski definition) is 1. The lowest BCUT2D eigenvalue weighted by Crippen LogP contribution is -2.33. The smallest absolute Gasteiger partial charge is 0.00643 e. The summed E-state index contributed by atoms with van der Waals surface area (Å²) in [5, 5.41) is 0. The number of nitrogens with zero attached hydrogens (tertiary/aromatic N) is 1. The molecule has 1 rings (SSSR count). The molecule has 1 saturated heterocycles. The highest BCUT2D eigenvalue weighted by atomic mass is 15.1. The number of rotatable bonds is 3. The molecule has 1 aliphatic heterocycles. The fourth-order valence-corrected chi connectivity index (χ4v) is 2.12. The van der Waals surface area contributed by atoms with Crippen molar-refractivity contribution >= 4 is 0 Å². The molecule has 2 atom stereocenters. The average Bonchev–Trinajstić information content (AvgIpc) is 2.41. The molecule has 2 unspecified atom stereocenters. The summed E-state index contributed by atoms with van der Waals surface area (Å²) >= 11 is 0. The van der Waals surface area contributed by atoms with Gasteiger partial charge >= 0.3 is 0 Å². The highest BCUT2D eigenvalue weighted by Gasteiger charge is 2.18. The number of nitrogens with two attached hydrogens (primary N) is 1. The van der Waals surface area contributed by atoms with Gasteiger partial charge in [0.2, 0.25) is 0 Å². The lowest BCUT2D eigenvalue weighted by Gasteiger charge is -2.26. The second-order valence-electron chi connectivity index (χ2n) is 4.33. The van der Waals surface area contributed by atoms with E-state index in [0.717, 1.165) is 18.5 Å². The first kappa shape index (κ1) is 11.0. The van der Waals surface area contributed by atoms with Crippen LogP contribution in [0, 0.1) is 5.92 Å². The fraction of sp³-hybridized carbons (Fsp3) is 1.00. The highest BCUT2D eigenvalue weighted by molar-refractivity contribution is 4.73. The van der Waals surface area contributed by atoms with Gasteiger partial charge in [-0.25, -0.2) is 0 Å². The first-order chi connectivity index (χ1) is 6.27. The van der Waals surface area contributed by atoms with Gasteiger partial charge in [0.05, 0.1) is 0 Å². The van der Waals surface area contributed by atoms with E-state index >= 15 is 0 Å². The summed E-state index contributed by atoms with van der Waals surface area (Å²) in [6.07, 6.45) is 5.25. The molecule has 0 aromatic rings. The van der Waals surface area contributed by atoms with Gasteiger partial charge in [0.1, 0.15) is 0 Å². The third-order valence-corrected chi connectivity index (χ3v) is 3.43. The summed E-state index contributed by atoms with van der Waals surface area (Å²) in [7, 11) is 0. The Morgan fingerprint density at radius 2 is 2.15 bits per heavy atom. The maximum Gasteiger partial charge on any atom is 0.00643 e. The van der Waals surface area contributed by atoms with Crippen LogP contribution in [0.2, 0.25) is 0 Å². The van der Waals surface area contributed by atoms with Crippen molar-refractivity contribution < 1.29 is 0 Å². The molecule has 0 radical (unpaired) electrons. The molecule has 1 aliphatic rings. The summed E-state index contributed by atoms with van der Waals surface area (Å²) in [6, 6.07) is 0.761. The SMILES string of the molecule is CCC(C)N1CCCC(CN)CC1. The summed E-state index contributed by atoms with van der Waals surface area (Å²) in [4.78, 5) is 2.62. The summed E-state index contributed by atoms with van der Waals surface area (Å²) in [5.74, 6) is 0.786. The fourth-order valence-electron chi connectivity index (χ4n) is 2.12. The van der Waals surface area contributed by atoms with Crippen molar-refractivity contribution in [1.29, 1.82) is 0 Å². The van der Waals surface area contributed by atoms with Gasteiger partial charge in [-0.3, -0.25) is 0 Å². The minimum atomic E-state index is 0.761. The Bertz CT molecular complexity index is 136. The van der Waals surface area contributed by atoms with Crippen LogP contribution in [-0.4, -0.2) is 30.6 Å². The van der Waals surface area contributed by atoms with Crippen LogP contribution in [0.5, 0.6) is 0 Å². The molecular formula is C11H24N2. The molecular weight excluding hydrogens is 160 g/mol. The van der Waals surface area contributed by atoms with Crippen LogP contribution in [0.25, 0.3) is 0 Å². The topological polar surface area (TPSA) is 29.3 Å². The highest BCUT2D eigenvalue weighted by Crippen LogP contribution is 2.18. The Morgan fingerprint density at radius 1 is 1.38 bits per heavy atom. The molecule has 0 spiro atoms. The Hall–Kier alpha value is -0.0800. The maximum absolute atomic E-state index is 5.71. The van der Waals surface area contributed by atoms with Crippen LogP contribution < -0.4 is 5.73 Å². The summed E-state index contributed by atoms with van der Waals surface area (Å²) < 4.78 is 0. The van der Waals surface area contributed by atoms with Crippen molar-refractivity contribution in [2.75, 3.05) is 19.6 Å². The second kappa shape index (κ2) is 5.61. The standard InChI is InChI=1S/C11H24N2/c1-3-10(2)13-7-4-5-11(9-12)6-8-13/h10-11H,3-9,12H2,1-2H3. The van der Waals surface area contributed by atoms with Gasteiger partial charge in [0.25, 0.3) is 0 Å². The van der Waals surface area contributed by atoms with Gasteiger partial charge in [0.15, 0.2) is 0 Å². The molecule has 1 fully saturated rings. The van der Waals surface area contributed by atoms with E-state index in [1.54, 1.807) is 0 Å². The monoisotopic (exact) mass is 184 g/mol. The van der Waals surface area contributed by atoms with E-state index in [2.05, 4.69) is 18.7 Å². The second-order valence-corrected chi connectivity index (χ2v) is 4.33. The quantitative estimate of drug-likeness (QED) is 0.725. The van der Waals surface area contributed by atoms with Crippen LogP contribution in [0.1, 0.15) is 39.5 Å². The zero-order valence-electron chi connectivity index (χ0n) is 9.13. The number of likely N-dealkylation sites (tertiary alicyclic amines) is 1. The van der Waals surface area contributed by atoms with Crippen LogP contribution in [-0.2, 0) is 0 Å². The predicted octanol–water partition coefficient (Wildman–Crippen LogP) is 1.85. The first-order valence-corrected chi connectivity index (χ1v) is 5.72. The molecule has 2 nitrogen and oxygen atoms in total. The van der Waals surface area contributed by atoms with Gasteiger partial charge in [-0.2, -0.15) is 0 Å². The molecule has 0 aromatic heterocycles. The van der Waals surface area contributed by atoms with Gasteiger partial charge in [-0.15, -0.1) is 0 Å². The van der Waals surface area contributed by atoms with Crippen LogP contribution in [0.15, 0.2) is 0 Å². The summed E-state index contributed by atoms with van der Waals surface area (Å²) in [6.45, 7) is 8.04. The largest absolute Gasteiger partial charge is 0.330 e. The van der Waals surface area contributed by atoms with Gasteiger partial charge in [-0.1, -0.05) is 6.92 Å². The zero-order chi connectivity index (χ0) is 9.68. The van der Waals surface area contributed by atoms with Gasteiger partial charge in [0, 0.05) is 6.04 Å². The molecule has 0 aliphatic carbocycles. The third-order valence-electron chi connectivity index (χ3n) is 3.43. The number of hydrogen-bond acceptors (Lipinski definition) is 2. The molecule has 2 N–H and O–H groups in total. The third kappa shape index (κ3) is 3.28. The van der Waals surface area contributed by atoms with Gasteiger partial charge < -0.3 is 10.6 Å². The van der Waals surface area contributed by atoms with E-state index in [4.69, 9.17) is 5.73 Å². The van der Waals surface area contributed by atoms with E-state index in [-0.39, 0.29) is 0 Å². The van der Waals surface area contributed by atoms with Crippen LogP contribution in [0.3, 0.4) is 0 Å². The lowest BCUT2D eigenvalue weighted by atomic mass is 10.0. The van der Waals surface area contributed by atoms with Crippen molar-refractivity contribution in [1.82, 2.24) is 4.90 Å². The van der Waals surface area contributed by atoms with Crippen molar-refractivity contribution in [3.63, 3.8) is 0 Å². The predicted molar refractivity (Wildman–Crippen MR) is 57.7 cm³/mol. The Morgan fingerprint density at radius 3 is 2.77 bits per heavy atom. The summed E-state index contributed by atoms with van der Waals surface area (Å²) in [5.41, 5.74) is 5.71.